The molecule has 3 rings (SSSR count). The van der Waals surface area contributed by atoms with Gasteiger partial charge < -0.3 is 15.3 Å². The highest BCUT2D eigenvalue weighted by Crippen LogP contribution is 2.16. The summed E-state index contributed by atoms with van der Waals surface area (Å²) in [4.78, 5) is 19.1. The summed E-state index contributed by atoms with van der Waals surface area (Å²) in [5, 5.41) is 12.5. The van der Waals surface area contributed by atoms with Gasteiger partial charge in [0.15, 0.2) is 0 Å². The Hall–Kier alpha value is -1.63. The number of urea groups is 1. The molecular formula is C20H32N4O2. The lowest BCUT2D eigenvalue weighted by Crippen LogP contribution is -2.52. The standard InChI is InChI=1S/C20H32N4O2/c25-17-19-8-4-5-10-24(19)20(26)21-9-11-22-12-14-23(15-13-22)16-18-6-2-1-3-7-18/h1-3,6-7,19,25H,4-5,8-17H2,(H,21,26)/t19-/m0/s1. The van der Waals surface area contributed by atoms with Crippen molar-refractivity contribution in [1.82, 2.24) is 20.0 Å². The van der Waals surface area contributed by atoms with Gasteiger partial charge >= 0.3 is 6.03 Å². The summed E-state index contributed by atoms with van der Waals surface area (Å²) in [5.74, 6) is 0. The number of nitrogens with one attached hydrogen (secondary N) is 1. The van der Waals surface area contributed by atoms with Gasteiger partial charge in [-0.15, -0.1) is 0 Å². The molecule has 2 amide bonds. The van der Waals surface area contributed by atoms with Crippen LogP contribution in [0.15, 0.2) is 30.3 Å². The molecule has 1 aromatic carbocycles. The molecule has 2 fully saturated rings. The first-order chi connectivity index (χ1) is 12.8. The highest BCUT2D eigenvalue weighted by molar-refractivity contribution is 5.74. The smallest absolute Gasteiger partial charge is 0.317 e. The predicted octanol–water partition coefficient (Wildman–Crippen LogP) is 1.36. The number of hydrogen-bond donors (Lipinski definition) is 2. The summed E-state index contributed by atoms with van der Waals surface area (Å²) in [6.07, 6.45) is 3.04. The van der Waals surface area contributed by atoms with Gasteiger partial charge in [0.2, 0.25) is 0 Å². The average molecular weight is 361 g/mol. The monoisotopic (exact) mass is 360 g/mol. The highest BCUT2D eigenvalue weighted by atomic mass is 16.3. The fourth-order valence-electron chi connectivity index (χ4n) is 3.89. The first-order valence-corrected chi connectivity index (χ1v) is 9.90. The van der Waals surface area contributed by atoms with Crippen molar-refractivity contribution in [3.05, 3.63) is 35.9 Å². The molecule has 1 atom stereocenters. The normalized spacial score (nSPS) is 22.3. The van der Waals surface area contributed by atoms with Gasteiger partial charge in [0.05, 0.1) is 12.6 Å². The number of rotatable bonds is 6. The van der Waals surface area contributed by atoms with Crippen LogP contribution < -0.4 is 5.32 Å². The summed E-state index contributed by atoms with van der Waals surface area (Å²) < 4.78 is 0. The van der Waals surface area contributed by atoms with Gasteiger partial charge in [-0.1, -0.05) is 30.3 Å². The fraction of sp³-hybridized carbons (Fsp3) is 0.650. The van der Waals surface area contributed by atoms with Crippen molar-refractivity contribution in [2.75, 3.05) is 52.4 Å². The third kappa shape index (κ3) is 5.43. The zero-order chi connectivity index (χ0) is 18.2. The van der Waals surface area contributed by atoms with Gasteiger partial charge in [-0.3, -0.25) is 9.80 Å². The van der Waals surface area contributed by atoms with E-state index in [1.54, 1.807) is 4.90 Å². The van der Waals surface area contributed by atoms with Crippen molar-refractivity contribution in [3.8, 4) is 0 Å². The molecule has 2 heterocycles. The lowest BCUT2D eigenvalue weighted by Gasteiger charge is -2.36. The van der Waals surface area contributed by atoms with Gasteiger partial charge in [0.1, 0.15) is 0 Å². The van der Waals surface area contributed by atoms with Crippen LogP contribution in [0.4, 0.5) is 4.79 Å². The molecule has 2 N–H and O–H groups in total. The molecule has 0 bridgehead atoms. The molecule has 26 heavy (non-hydrogen) atoms. The Morgan fingerprint density at radius 1 is 1.04 bits per heavy atom. The maximum atomic E-state index is 12.3. The summed E-state index contributed by atoms with van der Waals surface area (Å²) in [5.41, 5.74) is 1.37. The minimum Gasteiger partial charge on any atom is -0.394 e. The minimum absolute atomic E-state index is 0.00900. The largest absolute Gasteiger partial charge is 0.394 e. The minimum atomic E-state index is -0.0218. The number of carbonyl (C=O) groups excluding carboxylic acids is 1. The fourth-order valence-corrected chi connectivity index (χ4v) is 3.89. The lowest BCUT2D eigenvalue weighted by molar-refractivity contribution is 0.105. The van der Waals surface area contributed by atoms with E-state index in [1.807, 2.05) is 0 Å². The molecule has 6 heteroatoms. The molecule has 2 saturated heterocycles. The number of aliphatic hydroxyl groups excluding tert-OH is 1. The van der Waals surface area contributed by atoms with Crippen molar-refractivity contribution in [2.24, 2.45) is 0 Å². The van der Waals surface area contributed by atoms with Gasteiger partial charge in [-0.05, 0) is 24.8 Å². The predicted molar refractivity (Wildman–Crippen MR) is 103 cm³/mol. The van der Waals surface area contributed by atoms with E-state index in [0.717, 1.165) is 65.1 Å². The van der Waals surface area contributed by atoms with Crippen LogP contribution in [-0.4, -0.2) is 84.3 Å². The second-order valence-electron chi connectivity index (χ2n) is 7.36. The zero-order valence-corrected chi connectivity index (χ0v) is 15.6. The number of benzene rings is 1. The first-order valence-electron chi connectivity index (χ1n) is 9.90. The quantitative estimate of drug-likeness (QED) is 0.804. The van der Waals surface area contributed by atoms with Crippen LogP contribution in [0.1, 0.15) is 24.8 Å². The highest BCUT2D eigenvalue weighted by Gasteiger charge is 2.26. The number of likely N-dealkylation sites (tertiary alicyclic amines) is 1. The maximum absolute atomic E-state index is 12.3. The van der Waals surface area contributed by atoms with Crippen LogP contribution in [-0.2, 0) is 6.54 Å². The van der Waals surface area contributed by atoms with E-state index in [1.165, 1.54) is 5.56 Å². The molecule has 144 valence electrons. The van der Waals surface area contributed by atoms with Crippen LogP contribution in [0.25, 0.3) is 0 Å². The van der Waals surface area contributed by atoms with E-state index in [0.29, 0.717) is 6.54 Å². The van der Waals surface area contributed by atoms with Crippen LogP contribution in [0.5, 0.6) is 0 Å². The van der Waals surface area contributed by atoms with Gasteiger partial charge in [-0.25, -0.2) is 4.79 Å². The maximum Gasteiger partial charge on any atom is 0.317 e. The lowest BCUT2D eigenvalue weighted by atomic mass is 10.0. The molecule has 2 aliphatic heterocycles. The van der Waals surface area contributed by atoms with Gasteiger partial charge in [0, 0.05) is 52.4 Å². The number of amides is 2. The van der Waals surface area contributed by atoms with E-state index in [2.05, 4.69) is 45.4 Å². The first kappa shape index (κ1) is 19.1. The van der Waals surface area contributed by atoms with Crippen molar-refractivity contribution in [3.63, 3.8) is 0 Å². The van der Waals surface area contributed by atoms with Crippen LogP contribution in [0, 0.1) is 0 Å². The summed E-state index contributed by atoms with van der Waals surface area (Å²) in [6.45, 7) is 7.64. The molecule has 0 aromatic heterocycles. The molecule has 6 nitrogen and oxygen atoms in total. The van der Waals surface area contributed by atoms with E-state index in [4.69, 9.17) is 0 Å². The van der Waals surface area contributed by atoms with Gasteiger partial charge in [-0.2, -0.15) is 0 Å². The number of piperidine rings is 1. The van der Waals surface area contributed by atoms with Crippen LogP contribution in [0.3, 0.4) is 0 Å². The molecule has 0 spiro atoms. The van der Waals surface area contributed by atoms with Crippen molar-refractivity contribution >= 4 is 6.03 Å². The molecular weight excluding hydrogens is 328 g/mol. The summed E-state index contributed by atoms with van der Waals surface area (Å²) in [6, 6.07) is 10.6. The topological polar surface area (TPSA) is 59.1 Å². The number of hydrogen-bond acceptors (Lipinski definition) is 4. The zero-order valence-electron chi connectivity index (χ0n) is 15.6. The molecule has 0 unspecified atom stereocenters. The number of carbonyl (C=O) groups is 1. The van der Waals surface area contributed by atoms with E-state index >= 15 is 0 Å². The molecule has 1 aromatic rings. The van der Waals surface area contributed by atoms with Crippen molar-refractivity contribution in [2.45, 2.75) is 31.8 Å². The third-order valence-electron chi connectivity index (χ3n) is 5.52. The van der Waals surface area contributed by atoms with Crippen molar-refractivity contribution in [1.29, 1.82) is 0 Å². The number of nitrogens with zero attached hydrogens (tertiary/aromatic N) is 3. The Morgan fingerprint density at radius 2 is 1.77 bits per heavy atom. The average Bonchev–Trinajstić information content (AvgIpc) is 2.70. The Kier molecular flexibility index (Phi) is 7.29. The second kappa shape index (κ2) is 9.90. The van der Waals surface area contributed by atoms with Crippen molar-refractivity contribution < 1.29 is 9.90 Å². The molecule has 2 aliphatic rings. The third-order valence-corrected chi connectivity index (χ3v) is 5.52. The Labute approximate surface area is 156 Å². The molecule has 0 aliphatic carbocycles. The molecule has 0 radical (unpaired) electrons. The Morgan fingerprint density at radius 3 is 2.50 bits per heavy atom. The summed E-state index contributed by atoms with van der Waals surface area (Å²) in [7, 11) is 0. The van der Waals surface area contributed by atoms with E-state index in [9.17, 15) is 9.90 Å². The number of aliphatic hydroxyl groups is 1. The Balaban J connectivity index is 1.33. The number of piperazine rings is 1. The molecule has 0 saturated carbocycles. The second-order valence-corrected chi connectivity index (χ2v) is 7.36. The summed E-state index contributed by atoms with van der Waals surface area (Å²) >= 11 is 0. The van der Waals surface area contributed by atoms with E-state index < -0.39 is 0 Å². The van der Waals surface area contributed by atoms with Crippen LogP contribution in [0.2, 0.25) is 0 Å². The van der Waals surface area contributed by atoms with E-state index in [-0.39, 0.29) is 18.7 Å². The SMILES string of the molecule is O=C(NCCN1CCN(Cc2ccccc2)CC1)N1CCCC[C@H]1CO. The van der Waals surface area contributed by atoms with Crippen LogP contribution >= 0.6 is 0 Å². The van der Waals surface area contributed by atoms with Gasteiger partial charge in [0.25, 0.3) is 0 Å². The Bertz CT molecular complexity index is 546.